The lowest BCUT2D eigenvalue weighted by Crippen LogP contribution is -2.25. The molecule has 2 rings (SSSR count). The van der Waals surface area contributed by atoms with E-state index in [2.05, 4.69) is 44.3 Å². The first-order valence-corrected chi connectivity index (χ1v) is 8.41. The lowest BCUT2D eigenvalue weighted by atomic mass is 10.2. The van der Waals surface area contributed by atoms with E-state index in [0.29, 0.717) is 0 Å². The third kappa shape index (κ3) is 5.85. The van der Waals surface area contributed by atoms with Crippen molar-refractivity contribution in [2.24, 2.45) is 0 Å². The minimum atomic E-state index is 0.136. The zero-order valence-electron chi connectivity index (χ0n) is 14.3. The molecule has 1 N–H and O–H groups in total. The minimum absolute atomic E-state index is 0.136. The minimum Gasteiger partial charge on any atom is -0.494 e. The van der Waals surface area contributed by atoms with Crippen LogP contribution in [0.25, 0.3) is 0 Å². The molecule has 0 saturated heterocycles. The molecule has 0 aromatic heterocycles. The lowest BCUT2D eigenvalue weighted by molar-refractivity contribution is 0.210. The van der Waals surface area contributed by atoms with Crippen molar-refractivity contribution in [3.8, 4) is 11.5 Å². The van der Waals surface area contributed by atoms with Crippen molar-refractivity contribution in [2.75, 3.05) is 18.5 Å². The second kappa shape index (κ2) is 9.09. The molecular formula is C20H27NO2. The number of rotatable bonds is 9. The fraction of sp³-hybridized carbons (Fsp3) is 0.400. The Labute approximate surface area is 139 Å². The third-order valence-corrected chi connectivity index (χ3v) is 3.59. The first kappa shape index (κ1) is 17.2. The maximum Gasteiger partial charge on any atom is 0.121 e. The molecule has 0 spiro atoms. The second-order valence-electron chi connectivity index (χ2n) is 5.72. The standard InChI is InChI=1S/C20H27NO2/c1-4-12-22-19-10-7-9-17(14-19)21-15-18(5-2)23-20-11-6-8-16(3)13-20/h6-11,13-14,18,21H,4-5,12,15H2,1-3H3. The Balaban J connectivity index is 1.90. The molecule has 0 heterocycles. The summed E-state index contributed by atoms with van der Waals surface area (Å²) in [5.74, 6) is 1.84. The molecule has 2 aromatic rings. The van der Waals surface area contributed by atoms with E-state index in [9.17, 15) is 0 Å². The Morgan fingerprint density at radius 1 is 1.00 bits per heavy atom. The molecule has 3 nitrogen and oxygen atoms in total. The van der Waals surface area contributed by atoms with Crippen molar-refractivity contribution in [1.29, 1.82) is 0 Å². The van der Waals surface area contributed by atoms with Gasteiger partial charge in [-0.3, -0.25) is 0 Å². The van der Waals surface area contributed by atoms with Crippen molar-refractivity contribution < 1.29 is 9.47 Å². The molecule has 0 radical (unpaired) electrons. The maximum absolute atomic E-state index is 6.07. The molecule has 2 aromatic carbocycles. The predicted octanol–water partition coefficient (Wildman–Crippen LogP) is 5.05. The van der Waals surface area contributed by atoms with Gasteiger partial charge < -0.3 is 14.8 Å². The Kier molecular flexibility index (Phi) is 6.79. The van der Waals surface area contributed by atoms with Crippen molar-refractivity contribution in [3.63, 3.8) is 0 Å². The first-order valence-electron chi connectivity index (χ1n) is 8.41. The van der Waals surface area contributed by atoms with Gasteiger partial charge in [0.1, 0.15) is 17.6 Å². The van der Waals surface area contributed by atoms with Gasteiger partial charge in [-0.15, -0.1) is 0 Å². The van der Waals surface area contributed by atoms with Gasteiger partial charge in [0.15, 0.2) is 0 Å². The quantitative estimate of drug-likeness (QED) is 0.702. The van der Waals surface area contributed by atoms with E-state index in [4.69, 9.17) is 9.47 Å². The molecule has 0 amide bonds. The van der Waals surface area contributed by atoms with E-state index in [-0.39, 0.29) is 6.10 Å². The Morgan fingerprint density at radius 3 is 2.52 bits per heavy atom. The largest absolute Gasteiger partial charge is 0.494 e. The van der Waals surface area contributed by atoms with E-state index in [1.54, 1.807) is 0 Å². The number of anilines is 1. The average molecular weight is 313 g/mol. The van der Waals surface area contributed by atoms with Gasteiger partial charge in [0.05, 0.1) is 13.2 Å². The van der Waals surface area contributed by atoms with Crippen LogP contribution in [0.2, 0.25) is 0 Å². The van der Waals surface area contributed by atoms with Gasteiger partial charge in [0.2, 0.25) is 0 Å². The summed E-state index contributed by atoms with van der Waals surface area (Å²) in [6.07, 6.45) is 2.10. The van der Waals surface area contributed by atoms with Gasteiger partial charge in [-0.2, -0.15) is 0 Å². The van der Waals surface area contributed by atoms with Gasteiger partial charge in [0.25, 0.3) is 0 Å². The van der Waals surface area contributed by atoms with Gasteiger partial charge in [-0.05, 0) is 49.6 Å². The summed E-state index contributed by atoms with van der Waals surface area (Å²) in [5, 5.41) is 3.44. The molecule has 1 atom stereocenters. The number of aryl methyl sites for hydroxylation is 1. The zero-order chi connectivity index (χ0) is 16.5. The number of benzene rings is 2. The van der Waals surface area contributed by atoms with Crippen LogP contribution in [-0.2, 0) is 0 Å². The summed E-state index contributed by atoms with van der Waals surface area (Å²) < 4.78 is 11.7. The topological polar surface area (TPSA) is 30.5 Å². The van der Waals surface area contributed by atoms with Crippen LogP contribution < -0.4 is 14.8 Å². The van der Waals surface area contributed by atoms with Crippen LogP contribution in [0.3, 0.4) is 0 Å². The maximum atomic E-state index is 6.07. The summed E-state index contributed by atoms with van der Waals surface area (Å²) >= 11 is 0. The smallest absolute Gasteiger partial charge is 0.121 e. The van der Waals surface area contributed by atoms with Crippen LogP contribution in [-0.4, -0.2) is 19.3 Å². The normalized spacial score (nSPS) is 11.8. The molecule has 0 fully saturated rings. The third-order valence-electron chi connectivity index (χ3n) is 3.59. The molecule has 0 aliphatic carbocycles. The van der Waals surface area contributed by atoms with Crippen molar-refractivity contribution in [2.45, 2.75) is 39.7 Å². The first-order chi connectivity index (χ1) is 11.2. The Morgan fingerprint density at radius 2 is 1.78 bits per heavy atom. The van der Waals surface area contributed by atoms with E-state index in [1.807, 2.05) is 30.3 Å². The molecule has 0 bridgehead atoms. The second-order valence-corrected chi connectivity index (χ2v) is 5.72. The Bertz CT molecular complexity index is 598. The summed E-state index contributed by atoms with van der Waals surface area (Å²) in [6.45, 7) is 7.84. The summed E-state index contributed by atoms with van der Waals surface area (Å²) in [4.78, 5) is 0. The number of hydrogen-bond acceptors (Lipinski definition) is 3. The Hall–Kier alpha value is -2.16. The molecule has 124 valence electrons. The van der Waals surface area contributed by atoms with Crippen molar-refractivity contribution in [3.05, 3.63) is 54.1 Å². The highest BCUT2D eigenvalue weighted by Gasteiger charge is 2.08. The number of hydrogen-bond donors (Lipinski definition) is 1. The monoisotopic (exact) mass is 313 g/mol. The molecule has 3 heteroatoms. The lowest BCUT2D eigenvalue weighted by Gasteiger charge is -2.19. The van der Waals surface area contributed by atoms with Crippen LogP contribution in [0.15, 0.2) is 48.5 Å². The molecule has 0 aliphatic heterocycles. The van der Waals surface area contributed by atoms with Gasteiger partial charge >= 0.3 is 0 Å². The van der Waals surface area contributed by atoms with Crippen LogP contribution in [0.5, 0.6) is 11.5 Å². The van der Waals surface area contributed by atoms with E-state index in [1.165, 1.54) is 5.56 Å². The SMILES string of the molecule is CCCOc1cccc(NCC(CC)Oc2cccc(C)c2)c1. The highest BCUT2D eigenvalue weighted by molar-refractivity contribution is 5.48. The highest BCUT2D eigenvalue weighted by atomic mass is 16.5. The summed E-state index contributed by atoms with van der Waals surface area (Å²) in [6, 6.07) is 16.3. The van der Waals surface area contributed by atoms with Gasteiger partial charge in [-0.25, -0.2) is 0 Å². The number of ether oxygens (including phenoxy) is 2. The van der Waals surface area contributed by atoms with Crippen molar-refractivity contribution in [1.82, 2.24) is 0 Å². The number of nitrogens with one attached hydrogen (secondary N) is 1. The molecule has 23 heavy (non-hydrogen) atoms. The summed E-state index contributed by atoms with van der Waals surface area (Å²) in [7, 11) is 0. The molecule has 0 aliphatic rings. The predicted molar refractivity (Wildman–Crippen MR) is 96.6 cm³/mol. The van der Waals surface area contributed by atoms with Crippen LogP contribution in [0.1, 0.15) is 32.3 Å². The molecular weight excluding hydrogens is 286 g/mol. The van der Waals surface area contributed by atoms with Crippen LogP contribution in [0.4, 0.5) is 5.69 Å². The van der Waals surface area contributed by atoms with Gasteiger partial charge in [0, 0.05) is 11.8 Å². The van der Waals surface area contributed by atoms with E-state index >= 15 is 0 Å². The zero-order valence-corrected chi connectivity index (χ0v) is 14.3. The van der Waals surface area contributed by atoms with E-state index in [0.717, 1.165) is 43.2 Å². The molecule has 0 saturated carbocycles. The van der Waals surface area contributed by atoms with Crippen LogP contribution >= 0.6 is 0 Å². The van der Waals surface area contributed by atoms with Gasteiger partial charge in [-0.1, -0.05) is 32.0 Å². The van der Waals surface area contributed by atoms with E-state index < -0.39 is 0 Å². The highest BCUT2D eigenvalue weighted by Crippen LogP contribution is 2.19. The molecule has 1 unspecified atom stereocenters. The fourth-order valence-electron chi connectivity index (χ4n) is 2.30. The van der Waals surface area contributed by atoms with Crippen molar-refractivity contribution >= 4 is 5.69 Å². The van der Waals surface area contributed by atoms with Crippen LogP contribution in [0, 0.1) is 6.92 Å². The average Bonchev–Trinajstić information content (AvgIpc) is 2.57. The summed E-state index contributed by atoms with van der Waals surface area (Å²) in [5.41, 5.74) is 2.27. The fourth-order valence-corrected chi connectivity index (χ4v) is 2.30.